The Hall–Kier alpha value is -2.05. The van der Waals surface area contributed by atoms with Crippen LogP contribution in [0.3, 0.4) is 0 Å². The predicted octanol–water partition coefficient (Wildman–Crippen LogP) is 2.93. The molecule has 0 saturated heterocycles. The zero-order chi connectivity index (χ0) is 16.2. The molecular weight excluding hydrogens is 306 g/mol. The Morgan fingerprint density at radius 1 is 1.22 bits per heavy atom. The van der Waals surface area contributed by atoms with Crippen molar-refractivity contribution in [3.8, 4) is 5.69 Å². The van der Waals surface area contributed by atoms with Gasteiger partial charge in [-0.15, -0.1) is 0 Å². The summed E-state index contributed by atoms with van der Waals surface area (Å²) in [6, 6.07) is 8.34. The third-order valence-electron chi connectivity index (χ3n) is 3.76. The van der Waals surface area contributed by atoms with E-state index in [-0.39, 0.29) is 0 Å². The molecule has 23 heavy (non-hydrogen) atoms. The van der Waals surface area contributed by atoms with E-state index in [1.807, 2.05) is 30.4 Å². The largest absolute Gasteiger partial charge is 0.325 e. The number of thioether (sulfide) groups is 1. The van der Waals surface area contributed by atoms with Gasteiger partial charge in [0.2, 0.25) is 0 Å². The van der Waals surface area contributed by atoms with Gasteiger partial charge < -0.3 is 9.88 Å². The fraction of sp³-hybridized carbons (Fsp3) is 0.294. The molecule has 1 N–H and O–H groups in total. The molecule has 3 aromatic rings. The molecular formula is C17H21N5S. The van der Waals surface area contributed by atoms with E-state index in [4.69, 9.17) is 0 Å². The molecule has 1 aromatic carbocycles. The normalized spacial score (nSPS) is 11.1. The molecule has 6 heteroatoms. The average Bonchev–Trinajstić information content (AvgIpc) is 3.15. The van der Waals surface area contributed by atoms with Crippen molar-refractivity contribution in [3.05, 3.63) is 59.7 Å². The van der Waals surface area contributed by atoms with E-state index in [0.29, 0.717) is 0 Å². The highest BCUT2D eigenvalue weighted by Crippen LogP contribution is 2.14. The van der Waals surface area contributed by atoms with E-state index in [2.05, 4.69) is 57.4 Å². The van der Waals surface area contributed by atoms with Gasteiger partial charge >= 0.3 is 0 Å². The number of benzene rings is 1. The number of hydrogen-bond donors (Lipinski definition) is 1. The topological polar surface area (TPSA) is 47.7 Å². The van der Waals surface area contributed by atoms with Crippen molar-refractivity contribution in [3.63, 3.8) is 0 Å². The lowest BCUT2D eigenvalue weighted by atomic mass is 10.2. The van der Waals surface area contributed by atoms with Crippen LogP contribution in [0.1, 0.15) is 16.8 Å². The quantitative estimate of drug-likeness (QED) is 0.707. The monoisotopic (exact) mass is 327 g/mol. The number of hydrogen-bond acceptors (Lipinski definition) is 4. The van der Waals surface area contributed by atoms with Crippen molar-refractivity contribution in [2.45, 2.75) is 25.2 Å². The number of nitrogens with zero attached hydrogens (tertiary/aromatic N) is 4. The summed E-state index contributed by atoms with van der Waals surface area (Å²) in [4.78, 5) is 4.38. The van der Waals surface area contributed by atoms with Crippen molar-refractivity contribution in [2.75, 3.05) is 6.26 Å². The molecule has 2 heterocycles. The van der Waals surface area contributed by atoms with Crippen LogP contribution in [-0.2, 0) is 20.1 Å². The fourth-order valence-corrected chi connectivity index (χ4v) is 3.03. The van der Waals surface area contributed by atoms with Gasteiger partial charge in [0.15, 0.2) is 5.16 Å². The van der Waals surface area contributed by atoms with E-state index in [0.717, 1.165) is 23.9 Å². The van der Waals surface area contributed by atoms with Gasteiger partial charge in [0.1, 0.15) is 0 Å². The molecule has 0 fully saturated rings. The molecule has 0 aliphatic heterocycles. The second-order valence-electron chi connectivity index (χ2n) is 5.53. The summed E-state index contributed by atoms with van der Waals surface area (Å²) in [7, 11) is 2.05. The summed E-state index contributed by atoms with van der Waals surface area (Å²) in [6.07, 6.45) is 7.94. The Morgan fingerprint density at radius 3 is 2.83 bits per heavy atom. The van der Waals surface area contributed by atoms with Gasteiger partial charge in [-0.25, -0.2) is 9.67 Å². The molecule has 0 aliphatic rings. The lowest BCUT2D eigenvalue weighted by molar-refractivity contribution is 0.638. The zero-order valence-electron chi connectivity index (χ0n) is 13.7. The second kappa shape index (κ2) is 7.02. The van der Waals surface area contributed by atoms with Crippen LogP contribution in [0.4, 0.5) is 0 Å². The van der Waals surface area contributed by atoms with Crippen LogP contribution in [0.15, 0.2) is 48.0 Å². The summed E-state index contributed by atoms with van der Waals surface area (Å²) in [5, 5.41) is 8.93. The molecule has 2 aromatic heterocycles. The number of rotatable bonds is 6. The number of aromatic nitrogens is 4. The summed E-state index contributed by atoms with van der Waals surface area (Å²) in [5.74, 6) is 0. The van der Waals surface area contributed by atoms with E-state index in [9.17, 15) is 0 Å². The first-order valence-corrected chi connectivity index (χ1v) is 8.75. The smallest absolute Gasteiger partial charge is 0.167 e. The van der Waals surface area contributed by atoms with Crippen molar-refractivity contribution < 1.29 is 0 Å². The molecule has 120 valence electrons. The second-order valence-corrected chi connectivity index (χ2v) is 6.30. The molecule has 5 nitrogen and oxygen atoms in total. The highest BCUT2D eigenvalue weighted by Gasteiger charge is 2.05. The summed E-state index contributed by atoms with van der Waals surface area (Å²) in [5.41, 5.74) is 4.67. The standard InChI is InChI=1S/C17H21N5S/c1-13-5-4-6-15(7-13)22-12-14(9-20-22)8-18-10-16-11-19-17(23-3)21(16)2/h4-7,9,11-12,18H,8,10H2,1-3H3. The molecule has 0 saturated carbocycles. The molecule has 0 spiro atoms. The minimum Gasteiger partial charge on any atom is -0.325 e. The van der Waals surface area contributed by atoms with Crippen molar-refractivity contribution in [1.82, 2.24) is 24.6 Å². The number of imidazole rings is 1. The van der Waals surface area contributed by atoms with E-state index < -0.39 is 0 Å². The molecule has 0 aliphatic carbocycles. The summed E-state index contributed by atoms with van der Waals surface area (Å²) >= 11 is 1.66. The van der Waals surface area contributed by atoms with Crippen molar-refractivity contribution in [1.29, 1.82) is 0 Å². The molecule has 0 amide bonds. The zero-order valence-corrected chi connectivity index (χ0v) is 14.5. The minimum atomic E-state index is 0.783. The summed E-state index contributed by atoms with van der Waals surface area (Å²) < 4.78 is 4.04. The maximum absolute atomic E-state index is 4.44. The van der Waals surface area contributed by atoms with Crippen LogP contribution in [0, 0.1) is 6.92 Å². The van der Waals surface area contributed by atoms with Crippen LogP contribution >= 0.6 is 11.8 Å². The van der Waals surface area contributed by atoms with Gasteiger partial charge in [0.25, 0.3) is 0 Å². The number of nitrogens with one attached hydrogen (secondary N) is 1. The molecule has 0 radical (unpaired) electrons. The number of aryl methyl sites for hydroxylation is 1. The van der Waals surface area contributed by atoms with Crippen LogP contribution in [0.5, 0.6) is 0 Å². The van der Waals surface area contributed by atoms with Gasteiger partial charge in [-0.2, -0.15) is 5.10 Å². The average molecular weight is 327 g/mol. The fourth-order valence-electron chi connectivity index (χ4n) is 2.48. The maximum Gasteiger partial charge on any atom is 0.167 e. The Balaban J connectivity index is 1.60. The first kappa shape index (κ1) is 15.8. The first-order chi connectivity index (χ1) is 11.2. The lowest BCUT2D eigenvalue weighted by Crippen LogP contribution is -2.14. The SMILES string of the molecule is CSc1ncc(CNCc2cnn(-c3cccc(C)c3)c2)n1C. The van der Waals surface area contributed by atoms with Gasteiger partial charge in [-0.1, -0.05) is 23.9 Å². The summed E-state index contributed by atoms with van der Waals surface area (Å²) in [6.45, 7) is 3.66. The van der Waals surface area contributed by atoms with Gasteiger partial charge in [-0.05, 0) is 30.9 Å². The predicted molar refractivity (Wildman–Crippen MR) is 93.8 cm³/mol. The van der Waals surface area contributed by atoms with E-state index >= 15 is 0 Å². The van der Waals surface area contributed by atoms with E-state index in [1.54, 1.807) is 11.8 Å². The minimum absolute atomic E-state index is 0.783. The molecule has 3 rings (SSSR count). The highest BCUT2D eigenvalue weighted by molar-refractivity contribution is 7.98. The third-order valence-corrected chi connectivity index (χ3v) is 4.51. The van der Waals surface area contributed by atoms with Crippen LogP contribution in [0.2, 0.25) is 0 Å². The van der Waals surface area contributed by atoms with Crippen LogP contribution in [0.25, 0.3) is 5.69 Å². The third kappa shape index (κ3) is 3.65. The molecule has 0 unspecified atom stereocenters. The maximum atomic E-state index is 4.44. The van der Waals surface area contributed by atoms with Crippen LogP contribution < -0.4 is 5.32 Å². The molecule has 0 bridgehead atoms. The Labute approximate surface area is 140 Å². The van der Waals surface area contributed by atoms with Gasteiger partial charge in [0.05, 0.1) is 23.8 Å². The van der Waals surface area contributed by atoms with Crippen LogP contribution in [-0.4, -0.2) is 25.6 Å². The van der Waals surface area contributed by atoms with Crippen molar-refractivity contribution >= 4 is 11.8 Å². The Morgan fingerprint density at radius 2 is 2.09 bits per heavy atom. The Kier molecular flexibility index (Phi) is 4.83. The first-order valence-electron chi connectivity index (χ1n) is 7.53. The lowest BCUT2D eigenvalue weighted by Gasteiger charge is -2.05. The molecule has 0 atom stereocenters. The highest BCUT2D eigenvalue weighted by atomic mass is 32.2. The van der Waals surface area contributed by atoms with Gasteiger partial charge in [-0.3, -0.25) is 0 Å². The van der Waals surface area contributed by atoms with Crippen molar-refractivity contribution in [2.24, 2.45) is 7.05 Å². The Bertz CT molecular complexity index is 790. The van der Waals surface area contributed by atoms with E-state index in [1.165, 1.54) is 16.8 Å². The van der Waals surface area contributed by atoms with Gasteiger partial charge in [0, 0.05) is 31.9 Å².